The highest BCUT2D eigenvalue weighted by Crippen LogP contribution is 2.27. The largest absolute Gasteiger partial charge is 0.326 e. The Bertz CT molecular complexity index is 748. The van der Waals surface area contributed by atoms with Crippen LogP contribution < -0.4 is 5.43 Å². The van der Waals surface area contributed by atoms with Crippen LogP contribution in [0.3, 0.4) is 0 Å². The molecule has 5 nitrogen and oxygen atoms in total. The number of benzene rings is 1. The van der Waals surface area contributed by atoms with Gasteiger partial charge in [0.1, 0.15) is 0 Å². The summed E-state index contributed by atoms with van der Waals surface area (Å²) in [5, 5.41) is 3.22. The lowest BCUT2D eigenvalue weighted by Crippen LogP contribution is -2.46. The van der Waals surface area contributed by atoms with Crippen LogP contribution >= 0.6 is 23.2 Å². The van der Waals surface area contributed by atoms with Crippen molar-refractivity contribution in [3.63, 3.8) is 0 Å². The first-order chi connectivity index (χ1) is 12.0. The van der Waals surface area contributed by atoms with E-state index in [2.05, 4.69) is 33.8 Å². The number of nitrogens with zero attached hydrogens (tertiary/aromatic N) is 4. The third kappa shape index (κ3) is 4.54. The quantitative estimate of drug-likeness (QED) is 0.610. The molecule has 3 rings (SSSR count). The van der Waals surface area contributed by atoms with Crippen molar-refractivity contribution in [1.29, 1.82) is 0 Å². The van der Waals surface area contributed by atoms with Gasteiger partial charge >= 0.3 is 0 Å². The molecule has 0 amide bonds. The van der Waals surface area contributed by atoms with Crippen LogP contribution in [0.25, 0.3) is 0 Å². The first kappa shape index (κ1) is 18.2. The zero-order valence-corrected chi connectivity index (χ0v) is 16.1. The van der Waals surface area contributed by atoms with Gasteiger partial charge in [0.15, 0.2) is 11.7 Å². The number of hydrazine groups is 1. The van der Waals surface area contributed by atoms with Crippen LogP contribution in [-0.4, -0.2) is 33.5 Å². The van der Waals surface area contributed by atoms with Gasteiger partial charge < -0.3 is 4.57 Å². The molecule has 25 heavy (non-hydrogen) atoms. The summed E-state index contributed by atoms with van der Waals surface area (Å²) in [6, 6.07) is 5.68. The number of hydrogen-bond acceptors (Lipinski definition) is 3. The number of aliphatic imine (C=N–C) groups is 1. The SMILES string of the molecule is CC(C)n1ccnc1C(=Nc1ccc(Cl)c(Cl)c1)NN1CCCCC1. The van der Waals surface area contributed by atoms with Gasteiger partial charge in [-0.25, -0.2) is 15.0 Å². The number of aromatic nitrogens is 2. The lowest BCUT2D eigenvalue weighted by atomic mass is 10.2. The molecular formula is C18H23Cl2N5. The van der Waals surface area contributed by atoms with E-state index in [-0.39, 0.29) is 0 Å². The first-order valence-electron chi connectivity index (χ1n) is 8.63. The second kappa shape index (κ2) is 8.21. The molecule has 2 heterocycles. The summed E-state index contributed by atoms with van der Waals surface area (Å²) in [5.41, 5.74) is 4.20. The van der Waals surface area contributed by atoms with E-state index in [0.29, 0.717) is 16.1 Å². The second-order valence-electron chi connectivity index (χ2n) is 6.47. The summed E-state index contributed by atoms with van der Waals surface area (Å²) in [5.74, 6) is 1.53. The molecule has 0 aliphatic carbocycles. The van der Waals surface area contributed by atoms with Crippen LogP contribution in [0.15, 0.2) is 35.6 Å². The van der Waals surface area contributed by atoms with E-state index >= 15 is 0 Å². The zero-order valence-electron chi connectivity index (χ0n) is 14.5. The number of amidine groups is 1. The third-order valence-corrected chi connectivity index (χ3v) is 4.94. The Morgan fingerprint density at radius 3 is 2.60 bits per heavy atom. The molecule has 1 aliphatic rings. The molecule has 1 saturated heterocycles. The molecule has 0 saturated carbocycles. The van der Waals surface area contributed by atoms with Crippen molar-refractivity contribution < 1.29 is 0 Å². The van der Waals surface area contributed by atoms with Gasteiger partial charge in [-0.15, -0.1) is 0 Å². The van der Waals surface area contributed by atoms with E-state index in [9.17, 15) is 0 Å². The van der Waals surface area contributed by atoms with Crippen LogP contribution in [0.4, 0.5) is 5.69 Å². The minimum absolute atomic E-state index is 0.291. The van der Waals surface area contributed by atoms with Gasteiger partial charge in [0.05, 0.1) is 15.7 Å². The highest BCUT2D eigenvalue weighted by Gasteiger charge is 2.18. The summed E-state index contributed by atoms with van der Waals surface area (Å²) in [6.45, 7) is 6.26. The third-order valence-electron chi connectivity index (χ3n) is 4.20. The fourth-order valence-corrected chi connectivity index (χ4v) is 3.17. The number of piperidine rings is 1. The highest BCUT2D eigenvalue weighted by atomic mass is 35.5. The monoisotopic (exact) mass is 379 g/mol. The highest BCUT2D eigenvalue weighted by molar-refractivity contribution is 6.42. The molecule has 1 N–H and O–H groups in total. The van der Waals surface area contributed by atoms with Crippen molar-refractivity contribution >= 4 is 34.7 Å². The summed E-state index contributed by atoms with van der Waals surface area (Å²) in [4.78, 5) is 9.30. The molecule has 0 bridgehead atoms. The van der Waals surface area contributed by atoms with Gasteiger partial charge in [-0.2, -0.15) is 0 Å². The Morgan fingerprint density at radius 1 is 1.16 bits per heavy atom. The van der Waals surface area contributed by atoms with Crippen LogP contribution in [0.5, 0.6) is 0 Å². The topological polar surface area (TPSA) is 45.5 Å². The van der Waals surface area contributed by atoms with Crippen molar-refractivity contribution in [3.05, 3.63) is 46.5 Å². The van der Waals surface area contributed by atoms with Gasteiger partial charge in [0, 0.05) is 31.5 Å². The lowest BCUT2D eigenvalue weighted by molar-refractivity contribution is 0.194. The van der Waals surface area contributed by atoms with Crippen molar-refractivity contribution in [2.75, 3.05) is 13.1 Å². The van der Waals surface area contributed by atoms with Gasteiger partial charge in [-0.3, -0.25) is 5.43 Å². The van der Waals surface area contributed by atoms with Crippen LogP contribution in [-0.2, 0) is 0 Å². The van der Waals surface area contributed by atoms with Crippen LogP contribution in [0.2, 0.25) is 10.0 Å². The molecule has 1 aromatic heterocycles. The number of rotatable bonds is 4. The zero-order chi connectivity index (χ0) is 17.8. The molecule has 1 aromatic carbocycles. The van der Waals surface area contributed by atoms with Crippen molar-refractivity contribution in [2.24, 2.45) is 4.99 Å². The lowest BCUT2D eigenvalue weighted by Gasteiger charge is -2.28. The molecule has 0 unspecified atom stereocenters. The average molecular weight is 380 g/mol. The molecule has 1 aliphatic heterocycles. The smallest absolute Gasteiger partial charge is 0.184 e. The number of halogens is 2. The van der Waals surface area contributed by atoms with E-state index in [4.69, 9.17) is 28.2 Å². The van der Waals surface area contributed by atoms with E-state index in [0.717, 1.165) is 30.4 Å². The van der Waals surface area contributed by atoms with Crippen molar-refractivity contribution in [1.82, 2.24) is 20.0 Å². The predicted molar refractivity (Wildman–Crippen MR) is 104 cm³/mol. The maximum atomic E-state index is 6.14. The van der Waals surface area contributed by atoms with Crippen LogP contribution in [0.1, 0.15) is 45.0 Å². The summed E-state index contributed by atoms with van der Waals surface area (Å²) < 4.78 is 2.10. The summed E-state index contributed by atoms with van der Waals surface area (Å²) in [6.07, 6.45) is 7.43. The Balaban J connectivity index is 1.96. The molecule has 1 fully saturated rings. The fourth-order valence-electron chi connectivity index (χ4n) is 2.88. The van der Waals surface area contributed by atoms with Crippen molar-refractivity contribution in [3.8, 4) is 0 Å². The van der Waals surface area contributed by atoms with Gasteiger partial charge in [-0.1, -0.05) is 29.6 Å². The fraction of sp³-hybridized carbons (Fsp3) is 0.444. The van der Waals surface area contributed by atoms with E-state index in [1.54, 1.807) is 18.3 Å². The molecule has 0 spiro atoms. The predicted octanol–water partition coefficient (Wildman–Crippen LogP) is 4.84. The molecule has 7 heteroatoms. The Morgan fingerprint density at radius 2 is 1.92 bits per heavy atom. The molecule has 0 radical (unpaired) electrons. The minimum Gasteiger partial charge on any atom is -0.326 e. The first-order valence-corrected chi connectivity index (χ1v) is 9.39. The van der Waals surface area contributed by atoms with Crippen LogP contribution in [0, 0.1) is 0 Å². The Kier molecular flexibility index (Phi) is 5.99. The summed E-state index contributed by atoms with van der Waals surface area (Å²) in [7, 11) is 0. The number of hydrogen-bond donors (Lipinski definition) is 1. The van der Waals surface area contributed by atoms with Crippen molar-refractivity contribution in [2.45, 2.75) is 39.2 Å². The Labute approximate surface area is 158 Å². The Hall–Kier alpha value is -1.56. The number of nitrogens with one attached hydrogen (secondary N) is 1. The van der Waals surface area contributed by atoms with E-state index in [1.165, 1.54) is 19.3 Å². The normalized spacial score (nSPS) is 16.4. The maximum absolute atomic E-state index is 6.14. The molecule has 2 aromatic rings. The standard InChI is InChI=1S/C18H23Cl2N5/c1-13(2)25-11-8-21-18(25)17(23-24-9-4-3-5-10-24)22-14-6-7-15(19)16(20)12-14/h6-8,11-13H,3-5,9-10H2,1-2H3,(H,22,23). The molecule has 134 valence electrons. The maximum Gasteiger partial charge on any atom is 0.184 e. The van der Waals surface area contributed by atoms with Gasteiger partial charge in [-0.05, 0) is 44.9 Å². The summed E-state index contributed by atoms with van der Waals surface area (Å²) >= 11 is 12.2. The minimum atomic E-state index is 0.291. The van der Waals surface area contributed by atoms with Gasteiger partial charge in [0.2, 0.25) is 0 Å². The van der Waals surface area contributed by atoms with Gasteiger partial charge in [0.25, 0.3) is 0 Å². The second-order valence-corrected chi connectivity index (χ2v) is 7.28. The molecular weight excluding hydrogens is 357 g/mol. The average Bonchev–Trinajstić information content (AvgIpc) is 3.08. The van der Waals surface area contributed by atoms with E-state index in [1.807, 2.05) is 12.3 Å². The molecule has 0 atom stereocenters. The number of imidazole rings is 1. The van der Waals surface area contributed by atoms with E-state index < -0.39 is 0 Å².